The number of carbonyl (C=O) groups excluding carboxylic acids is 1. The standard InChI is InChI=1S/C22H26N4O/c1-16-9-8-14-26-20(17(2)24-21(16)26)22(27)23-15-19(25-12-6-7-13-25)18-10-4-3-5-11-18/h3-5,8-11,14,19H,6-7,12-13,15H2,1-2H3,(H,23,27). The number of amides is 1. The Kier molecular flexibility index (Phi) is 4.94. The normalized spacial score (nSPS) is 15.9. The summed E-state index contributed by atoms with van der Waals surface area (Å²) in [5, 5.41) is 3.17. The van der Waals surface area contributed by atoms with Crippen LogP contribution in [-0.4, -0.2) is 39.8 Å². The topological polar surface area (TPSA) is 49.6 Å². The first kappa shape index (κ1) is 17.7. The second-order valence-electron chi connectivity index (χ2n) is 7.31. The number of pyridine rings is 1. The molecule has 1 fully saturated rings. The molecule has 1 N–H and O–H groups in total. The van der Waals surface area contributed by atoms with E-state index in [1.165, 1.54) is 18.4 Å². The molecule has 0 bridgehead atoms. The average Bonchev–Trinajstić information content (AvgIpc) is 3.31. The molecular weight excluding hydrogens is 336 g/mol. The van der Waals surface area contributed by atoms with Crippen molar-refractivity contribution in [2.45, 2.75) is 32.7 Å². The molecule has 0 spiro atoms. The van der Waals surface area contributed by atoms with Crippen LogP contribution >= 0.6 is 0 Å². The number of fused-ring (bicyclic) bond motifs is 1. The third-order valence-corrected chi connectivity index (χ3v) is 5.46. The number of imidazole rings is 1. The van der Waals surface area contributed by atoms with Crippen LogP contribution in [0.15, 0.2) is 48.7 Å². The largest absolute Gasteiger partial charge is 0.349 e. The molecule has 1 aromatic carbocycles. The lowest BCUT2D eigenvalue weighted by molar-refractivity contribution is 0.0931. The summed E-state index contributed by atoms with van der Waals surface area (Å²) in [6, 6.07) is 14.6. The van der Waals surface area contributed by atoms with Gasteiger partial charge in [-0.1, -0.05) is 36.4 Å². The van der Waals surface area contributed by atoms with Crippen molar-refractivity contribution in [3.63, 3.8) is 0 Å². The smallest absolute Gasteiger partial charge is 0.270 e. The molecule has 4 rings (SSSR count). The van der Waals surface area contributed by atoms with Crippen molar-refractivity contribution in [1.29, 1.82) is 0 Å². The first-order chi connectivity index (χ1) is 13.1. The maximum Gasteiger partial charge on any atom is 0.270 e. The van der Waals surface area contributed by atoms with E-state index in [-0.39, 0.29) is 11.9 Å². The lowest BCUT2D eigenvalue weighted by Gasteiger charge is -2.28. The molecule has 140 valence electrons. The zero-order valence-electron chi connectivity index (χ0n) is 16.0. The molecule has 5 nitrogen and oxygen atoms in total. The monoisotopic (exact) mass is 362 g/mol. The van der Waals surface area contributed by atoms with Gasteiger partial charge in [-0.2, -0.15) is 0 Å². The minimum absolute atomic E-state index is 0.0641. The third kappa shape index (κ3) is 3.47. The van der Waals surface area contributed by atoms with E-state index in [9.17, 15) is 4.79 Å². The molecule has 3 aromatic rings. The molecular formula is C22H26N4O. The van der Waals surface area contributed by atoms with Gasteiger partial charge in [0.15, 0.2) is 0 Å². The van der Waals surface area contributed by atoms with Gasteiger partial charge in [-0.05, 0) is 57.0 Å². The fourth-order valence-electron chi connectivity index (χ4n) is 4.05. The van der Waals surface area contributed by atoms with Crippen LogP contribution in [-0.2, 0) is 0 Å². The Morgan fingerprint density at radius 2 is 1.85 bits per heavy atom. The number of rotatable bonds is 5. The first-order valence-corrected chi connectivity index (χ1v) is 9.66. The number of nitrogens with one attached hydrogen (secondary N) is 1. The maximum absolute atomic E-state index is 13.0. The minimum Gasteiger partial charge on any atom is -0.349 e. The molecule has 27 heavy (non-hydrogen) atoms. The van der Waals surface area contributed by atoms with Gasteiger partial charge in [-0.3, -0.25) is 14.1 Å². The van der Waals surface area contributed by atoms with Crippen molar-refractivity contribution in [3.8, 4) is 0 Å². The summed E-state index contributed by atoms with van der Waals surface area (Å²) in [4.78, 5) is 20.1. The summed E-state index contributed by atoms with van der Waals surface area (Å²) < 4.78 is 1.90. The number of likely N-dealkylation sites (tertiary alicyclic amines) is 1. The Morgan fingerprint density at radius 3 is 2.59 bits per heavy atom. The highest BCUT2D eigenvalue weighted by atomic mass is 16.2. The highest BCUT2D eigenvalue weighted by Gasteiger charge is 2.25. The lowest BCUT2D eigenvalue weighted by Crippen LogP contribution is -2.37. The zero-order chi connectivity index (χ0) is 18.8. The number of aromatic nitrogens is 2. The predicted octanol–water partition coefficient (Wildman–Crippen LogP) is 3.52. The zero-order valence-corrected chi connectivity index (χ0v) is 16.0. The van der Waals surface area contributed by atoms with Gasteiger partial charge in [0.1, 0.15) is 11.3 Å². The summed E-state index contributed by atoms with van der Waals surface area (Å²) in [6.07, 6.45) is 4.36. The molecule has 1 aliphatic rings. The summed E-state index contributed by atoms with van der Waals surface area (Å²) in [5.41, 5.74) is 4.56. The van der Waals surface area contributed by atoms with Gasteiger partial charge in [-0.15, -0.1) is 0 Å². The van der Waals surface area contributed by atoms with E-state index in [1.807, 2.05) is 42.6 Å². The molecule has 1 atom stereocenters. The fourth-order valence-corrected chi connectivity index (χ4v) is 4.05. The highest BCUT2D eigenvalue weighted by molar-refractivity contribution is 5.94. The van der Waals surface area contributed by atoms with E-state index in [1.54, 1.807) is 0 Å². The molecule has 0 aliphatic carbocycles. The summed E-state index contributed by atoms with van der Waals surface area (Å²) in [7, 11) is 0. The van der Waals surface area contributed by atoms with Gasteiger partial charge in [0.2, 0.25) is 0 Å². The van der Waals surface area contributed by atoms with Crippen molar-refractivity contribution in [2.24, 2.45) is 0 Å². The maximum atomic E-state index is 13.0. The number of carbonyl (C=O) groups is 1. The Labute approximate surface area is 160 Å². The minimum atomic E-state index is -0.0641. The van der Waals surface area contributed by atoms with E-state index < -0.39 is 0 Å². The van der Waals surface area contributed by atoms with E-state index in [4.69, 9.17) is 0 Å². The van der Waals surface area contributed by atoms with Gasteiger partial charge < -0.3 is 5.32 Å². The molecule has 1 aliphatic heterocycles. The van der Waals surface area contributed by atoms with Crippen LogP contribution in [0.25, 0.3) is 5.65 Å². The second kappa shape index (κ2) is 7.53. The van der Waals surface area contributed by atoms with E-state index in [0.717, 1.165) is 30.0 Å². The van der Waals surface area contributed by atoms with Crippen LogP contribution in [0.4, 0.5) is 0 Å². The van der Waals surface area contributed by atoms with Crippen molar-refractivity contribution >= 4 is 11.6 Å². The number of nitrogens with zero attached hydrogens (tertiary/aromatic N) is 3. The Hall–Kier alpha value is -2.66. The molecule has 1 unspecified atom stereocenters. The predicted molar refractivity (Wildman–Crippen MR) is 107 cm³/mol. The van der Waals surface area contributed by atoms with Gasteiger partial charge in [0.25, 0.3) is 5.91 Å². The fraction of sp³-hybridized carbons (Fsp3) is 0.364. The first-order valence-electron chi connectivity index (χ1n) is 9.66. The second-order valence-corrected chi connectivity index (χ2v) is 7.31. The van der Waals surface area contributed by atoms with Gasteiger partial charge in [0.05, 0.1) is 11.7 Å². The van der Waals surface area contributed by atoms with Crippen molar-refractivity contribution < 1.29 is 4.79 Å². The summed E-state index contributed by atoms with van der Waals surface area (Å²) in [5.74, 6) is -0.0641. The summed E-state index contributed by atoms with van der Waals surface area (Å²) >= 11 is 0. The van der Waals surface area contributed by atoms with E-state index >= 15 is 0 Å². The van der Waals surface area contributed by atoms with Crippen LogP contribution in [0, 0.1) is 13.8 Å². The van der Waals surface area contributed by atoms with Gasteiger partial charge in [-0.25, -0.2) is 4.98 Å². The molecule has 2 aromatic heterocycles. The number of hydrogen-bond acceptors (Lipinski definition) is 3. The van der Waals surface area contributed by atoms with Crippen LogP contribution in [0.1, 0.15) is 46.2 Å². The number of benzene rings is 1. The van der Waals surface area contributed by atoms with Crippen molar-refractivity contribution in [2.75, 3.05) is 19.6 Å². The molecule has 1 amide bonds. The van der Waals surface area contributed by atoms with Crippen LogP contribution < -0.4 is 5.32 Å². The van der Waals surface area contributed by atoms with Gasteiger partial charge >= 0.3 is 0 Å². The molecule has 3 heterocycles. The Morgan fingerprint density at radius 1 is 1.11 bits per heavy atom. The molecule has 5 heteroatoms. The Bertz CT molecular complexity index is 942. The Balaban J connectivity index is 1.57. The van der Waals surface area contributed by atoms with Crippen molar-refractivity contribution in [3.05, 3.63) is 71.2 Å². The third-order valence-electron chi connectivity index (χ3n) is 5.46. The number of aryl methyl sites for hydroxylation is 2. The van der Waals surface area contributed by atoms with E-state index in [2.05, 4.69) is 39.5 Å². The molecule has 1 saturated heterocycles. The highest BCUT2D eigenvalue weighted by Crippen LogP contribution is 2.24. The molecule has 0 saturated carbocycles. The average molecular weight is 362 g/mol. The van der Waals surface area contributed by atoms with E-state index in [0.29, 0.717) is 12.2 Å². The van der Waals surface area contributed by atoms with Crippen LogP contribution in [0.2, 0.25) is 0 Å². The molecule has 0 radical (unpaired) electrons. The van der Waals surface area contributed by atoms with Crippen LogP contribution in [0.5, 0.6) is 0 Å². The number of hydrogen-bond donors (Lipinski definition) is 1. The quantitative estimate of drug-likeness (QED) is 0.755. The van der Waals surface area contributed by atoms with Crippen molar-refractivity contribution in [1.82, 2.24) is 19.6 Å². The SMILES string of the molecule is Cc1nc2c(C)cccn2c1C(=O)NCC(c1ccccc1)N1CCCC1. The summed E-state index contributed by atoms with van der Waals surface area (Å²) in [6.45, 7) is 6.69. The van der Waals surface area contributed by atoms with Crippen LogP contribution in [0.3, 0.4) is 0 Å². The lowest BCUT2D eigenvalue weighted by atomic mass is 10.1. The van der Waals surface area contributed by atoms with Gasteiger partial charge in [0, 0.05) is 12.7 Å².